The number of aromatic nitrogens is 2. The Labute approximate surface area is 195 Å². The first-order chi connectivity index (χ1) is 15.9. The average Bonchev–Trinajstić information content (AvgIpc) is 3.34. The van der Waals surface area contributed by atoms with Crippen molar-refractivity contribution in [2.45, 2.75) is 33.1 Å². The molecule has 3 aromatic carbocycles. The number of hydrogen-bond acceptors (Lipinski definition) is 1. The summed E-state index contributed by atoms with van der Waals surface area (Å²) in [6, 6.07) is 20.0. The number of nitrogens with zero attached hydrogens (tertiary/aromatic N) is 1. The average molecular weight is 434 g/mol. The van der Waals surface area contributed by atoms with Crippen molar-refractivity contribution in [1.29, 1.82) is 0 Å². The smallest absolute Gasteiger partial charge is 0.111 e. The Hall–Kier alpha value is -3.72. The van der Waals surface area contributed by atoms with Gasteiger partial charge in [0, 0.05) is 28.2 Å². The molecule has 0 spiro atoms. The van der Waals surface area contributed by atoms with Crippen LogP contribution in [0.5, 0.6) is 0 Å². The highest BCUT2D eigenvalue weighted by Gasteiger charge is 2.22. The molecule has 6 rings (SSSR count). The fourth-order valence-corrected chi connectivity index (χ4v) is 4.73. The first-order valence-electron chi connectivity index (χ1n) is 11.6. The van der Waals surface area contributed by atoms with Crippen LogP contribution in [-0.4, -0.2) is 16.1 Å². The van der Waals surface area contributed by atoms with Crippen LogP contribution in [0.2, 0.25) is 0 Å². The Morgan fingerprint density at radius 3 is 2.45 bits per heavy atom. The summed E-state index contributed by atoms with van der Waals surface area (Å²) in [6.45, 7) is 12.9. The topological polar surface area (TPSA) is 32.8 Å². The normalized spacial score (nSPS) is 13.8. The van der Waals surface area contributed by atoms with E-state index < -0.39 is 0 Å². The van der Waals surface area contributed by atoms with Crippen molar-refractivity contribution in [2.24, 2.45) is 0 Å². The highest BCUT2D eigenvalue weighted by molar-refractivity contribution is 6.24. The van der Waals surface area contributed by atoms with Crippen molar-refractivity contribution in [3.8, 4) is 0 Å². The molecule has 3 heterocycles. The lowest BCUT2D eigenvalue weighted by Crippen LogP contribution is -2.19. The minimum absolute atomic E-state index is 0.104. The predicted octanol–water partition coefficient (Wildman–Crippen LogP) is 7.88. The molecule has 0 unspecified atom stereocenters. The van der Waals surface area contributed by atoms with Crippen molar-refractivity contribution in [2.75, 3.05) is 6.54 Å². The second-order valence-corrected chi connectivity index (χ2v) is 9.65. The zero-order valence-electron chi connectivity index (χ0n) is 19.9. The first-order valence-corrected chi connectivity index (χ1v) is 11.6. The lowest BCUT2D eigenvalue weighted by Gasteiger charge is -2.19. The van der Waals surface area contributed by atoms with Crippen molar-refractivity contribution in [1.82, 2.24) is 14.9 Å². The number of aromatic amines is 1. The summed E-state index contributed by atoms with van der Waals surface area (Å²) < 4.78 is 2.42. The quantitative estimate of drug-likeness (QED) is 0.259. The molecule has 0 bridgehead atoms. The Kier molecular flexibility index (Phi) is 5.13. The van der Waals surface area contributed by atoms with E-state index in [2.05, 4.69) is 115 Å². The van der Waals surface area contributed by atoms with Gasteiger partial charge in [-0.3, -0.25) is 4.57 Å². The van der Waals surface area contributed by atoms with Gasteiger partial charge in [-0.1, -0.05) is 81.5 Å². The maximum Gasteiger partial charge on any atom is 0.111 e. The SMILES string of the molecule is C=CC.CC(C)(C)c1ccc2[nH]c3c4ccc5ccccc5c4n(C4=CC=CCN4)c3c2c1. The predicted molar refractivity (Wildman–Crippen MR) is 145 cm³/mol. The van der Waals surface area contributed by atoms with Gasteiger partial charge in [0.25, 0.3) is 0 Å². The maximum atomic E-state index is 3.73. The van der Waals surface area contributed by atoms with Crippen LogP contribution in [0.3, 0.4) is 0 Å². The Morgan fingerprint density at radius 1 is 0.939 bits per heavy atom. The lowest BCUT2D eigenvalue weighted by atomic mass is 9.86. The van der Waals surface area contributed by atoms with Crippen molar-refractivity contribution in [3.05, 3.63) is 91.0 Å². The van der Waals surface area contributed by atoms with Gasteiger partial charge in [-0.25, -0.2) is 0 Å². The van der Waals surface area contributed by atoms with Crippen LogP contribution < -0.4 is 5.32 Å². The molecule has 3 heteroatoms. The number of H-pyrrole nitrogens is 1. The van der Waals surface area contributed by atoms with Crippen molar-refractivity contribution < 1.29 is 0 Å². The number of allylic oxidation sites excluding steroid dienone is 3. The number of nitrogens with one attached hydrogen (secondary N) is 2. The summed E-state index contributed by atoms with van der Waals surface area (Å²) >= 11 is 0. The van der Waals surface area contributed by atoms with E-state index in [-0.39, 0.29) is 5.41 Å². The van der Waals surface area contributed by atoms with E-state index in [1.54, 1.807) is 6.08 Å². The molecule has 0 fully saturated rings. The standard InChI is InChI=1S/C27H25N3.C3H6/c1-27(2,3)18-12-14-22-21(16-18)26-24(29-22)20-13-11-17-8-4-5-9-19(17)25(20)30(26)23-10-6-7-15-28-23;1-3-2/h4-14,16,28-29H,15H2,1-3H3;3H,1H2,2H3. The molecule has 0 saturated carbocycles. The highest BCUT2D eigenvalue weighted by Crippen LogP contribution is 2.40. The molecule has 166 valence electrons. The summed E-state index contributed by atoms with van der Waals surface area (Å²) in [4.78, 5) is 3.73. The van der Waals surface area contributed by atoms with E-state index in [0.29, 0.717) is 0 Å². The maximum absolute atomic E-state index is 3.73. The number of hydrogen-bond donors (Lipinski definition) is 2. The highest BCUT2D eigenvalue weighted by atomic mass is 15.2. The van der Waals surface area contributed by atoms with E-state index in [0.717, 1.165) is 12.4 Å². The monoisotopic (exact) mass is 433 g/mol. The third-order valence-corrected chi connectivity index (χ3v) is 6.29. The summed E-state index contributed by atoms with van der Waals surface area (Å²) in [5, 5.41) is 8.66. The number of dihydropyridines is 1. The first kappa shape index (κ1) is 21.1. The summed E-state index contributed by atoms with van der Waals surface area (Å²) in [5.74, 6) is 1.12. The van der Waals surface area contributed by atoms with Gasteiger partial charge in [-0.15, -0.1) is 6.58 Å². The molecule has 5 aromatic rings. The molecule has 3 nitrogen and oxygen atoms in total. The van der Waals surface area contributed by atoms with E-state index in [4.69, 9.17) is 0 Å². The fourth-order valence-electron chi connectivity index (χ4n) is 4.73. The fraction of sp³-hybridized carbons (Fsp3) is 0.200. The summed E-state index contributed by atoms with van der Waals surface area (Å²) in [6.07, 6.45) is 8.22. The number of fused-ring (bicyclic) bond motifs is 7. The van der Waals surface area contributed by atoms with Crippen LogP contribution in [0.4, 0.5) is 0 Å². The van der Waals surface area contributed by atoms with Crippen LogP contribution in [0.25, 0.3) is 49.4 Å². The Bertz CT molecular complexity index is 1570. The van der Waals surface area contributed by atoms with Crippen molar-refractivity contribution >= 4 is 49.4 Å². The second kappa shape index (κ2) is 8.00. The van der Waals surface area contributed by atoms with Gasteiger partial charge < -0.3 is 10.3 Å². The Morgan fingerprint density at radius 2 is 1.73 bits per heavy atom. The van der Waals surface area contributed by atoms with E-state index in [1.807, 2.05) is 6.92 Å². The Balaban J connectivity index is 0.000000724. The van der Waals surface area contributed by atoms with E-state index >= 15 is 0 Å². The number of rotatable bonds is 1. The zero-order chi connectivity index (χ0) is 23.2. The molecule has 33 heavy (non-hydrogen) atoms. The molecule has 0 radical (unpaired) electrons. The van der Waals surface area contributed by atoms with Crippen LogP contribution in [0.1, 0.15) is 33.3 Å². The molecule has 1 aliphatic heterocycles. The van der Waals surface area contributed by atoms with Gasteiger partial charge in [0.15, 0.2) is 0 Å². The van der Waals surface area contributed by atoms with Crippen LogP contribution >= 0.6 is 0 Å². The molecule has 2 aromatic heterocycles. The largest absolute Gasteiger partial charge is 0.368 e. The molecule has 1 aliphatic rings. The summed E-state index contributed by atoms with van der Waals surface area (Å²) in [7, 11) is 0. The van der Waals surface area contributed by atoms with Gasteiger partial charge >= 0.3 is 0 Å². The minimum Gasteiger partial charge on any atom is -0.368 e. The zero-order valence-corrected chi connectivity index (χ0v) is 19.9. The summed E-state index contributed by atoms with van der Waals surface area (Å²) in [5.41, 5.74) is 6.34. The number of benzene rings is 3. The molecular weight excluding hydrogens is 402 g/mol. The van der Waals surface area contributed by atoms with Crippen LogP contribution in [0.15, 0.2) is 85.5 Å². The van der Waals surface area contributed by atoms with Gasteiger partial charge in [-0.05, 0) is 41.5 Å². The van der Waals surface area contributed by atoms with E-state index in [9.17, 15) is 0 Å². The van der Waals surface area contributed by atoms with Gasteiger partial charge in [0.1, 0.15) is 5.82 Å². The minimum atomic E-state index is 0.104. The van der Waals surface area contributed by atoms with Gasteiger partial charge in [0.2, 0.25) is 0 Å². The van der Waals surface area contributed by atoms with Gasteiger partial charge in [-0.2, -0.15) is 0 Å². The van der Waals surface area contributed by atoms with E-state index in [1.165, 1.54) is 49.2 Å². The molecular formula is C30H31N3. The molecule has 0 saturated heterocycles. The van der Waals surface area contributed by atoms with Crippen LogP contribution in [0, 0.1) is 0 Å². The third kappa shape index (κ3) is 3.45. The molecule has 0 amide bonds. The van der Waals surface area contributed by atoms with Gasteiger partial charge in [0.05, 0.1) is 16.6 Å². The molecule has 0 atom stereocenters. The third-order valence-electron chi connectivity index (χ3n) is 6.29. The lowest BCUT2D eigenvalue weighted by molar-refractivity contribution is 0.591. The molecule has 2 N–H and O–H groups in total. The second-order valence-electron chi connectivity index (χ2n) is 9.65. The van der Waals surface area contributed by atoms with Crippen LogP contribution in [-0.2, 0) is 5.41 Å². The molecule has 0 aliphatic carbocycles. The van der Waals surface area contributed by atoms with Crippen molar-refractivity contribution in [3.63, 3.8) is 0 Å².